The molecule has 0 radical (unpaired) electrons. The Labute approximate surface area is 154 Å². The zero-order valence-electron chi connectivity index (χ0n) is 15.5. The van der Waals surface area contributed by atoms with Crippen molar-refractivity contribution in [3.8, 4) is 17.2 Å². The van der Waals surface area contributed by atoms with E-state index in [1.54, 1.807) is 21.3 Å². The minimum absolute atomic E-state index is 0.0776. The molecule has 2 aromatic carbocycles. The molecule has 1 fully saturated rings. The van der Waals surface area contributed by atoms with Crippen LogP contribution in [0.4, 0.5) is 0 Å². The van der Waals surface area contributed by atoms with Gasteiger partial charge in [-0.3, -0.25) is 4.79 Å². The van der Waals surface area contributed by atoms with Crippen molar-refractivity contribution in [1.82, 2.24) is 5.32 Å². The van der Waals surface area contributed by atoms with Crippen molar-refractivity contribution in [2.24, 2.45) is 5.92 Å². The molecule has 1 amide bonds. The second kappa shape index (κ2) is 8.13. The van der Waals surface area contributed by atoms with Crippen molar-refractivity contribution in [3.63, 3.8) is 0 Å². The summed E-state index contributed by atoms with van der Waals surface area (Å²) >= 11 is 0. The zero-order valence-corrected chi connectivity index (χ0v) is 15.5. The number of benzene rings is 2. The number of methoxy groups -OCH3 is 3. The number of amides is 1. The SMILES string of the molecule is COc1ccc(C2CC2C(=O)NCCc2ccc(OC)c(OC)c2)cc1. The van der Waals surface area contributed by atoms with Gasteiger partial charge in [-0.25, -0.2) is 0 Å². The van der Waals surface area contributed by atoms with Crippen molar-refractivity contribution in [2.45, 2.75) is 18.8 Å². The number of hydrogen-bond acceptors (Lipinski definition) is 4. The fourth-order valence-corrected chi connectivity index (χ4v) is 3.20. The Bertz CT molecular complexity index is 757. The molecule has 1 aliphatic rings. The van der Waals surface area contributed by atoms with Crippen molar-refractivity contribution in [1.29, 1.82) is 0 Å². The van der Waals surface area contributed by atoms with Crippen LogP contribution in [0.1, 0.15) is 23.5 Å². The van der Waals surface area contributed by atoms with Crippen LogP contribution in [0.2, 0.25) is 0 Å². The smallest absolute Gasteiger partial charge is 0.223 e. The number of ether oxygens (including phenoxy) is 3. The molecule has 138 valence electrons. The summed E-state index contributed by atoms with van der Waals surface area (Å²) < 4.78 is 15.7. The molecule has 5 nitrogen and oxygen atoms in total. The van der Waals surface area contributed by atoms with Crippen molar-refractivity contribution in [2.75, 3.05) is 27.9 Å². The predicted molar refractivity (Wildman–Crippen MR) is 100 cm³/mol. The van der Waals surface area contributed by atoms with Gasteiger partial charge in [-0.15, -0.1) is 0 Å². The number of carbonyl (C=O) groups excluding carboxylic acids is 1. The maximum Gasteiger partial charge on any atom is 0.223 e. The Hall–Kier alpha value is -2.69. The number of rotatable bonds is 8. The predicted octanol–water partition coefficient (Wildman–Crippen LogP) is 3.17. The first-order chi connectivity index (χ1) is 12.7. The molecule has 0 aromatic heterocycles. The Balaban J connectivity index is 1.47. The topological polar surface area (TPSA) is 56.8 Å². The third kappa shape index (κ3) is 4.10. The van der Waals surface area contributed by atoms with E-state index >= 15 is 0 Å². The third-order valence-corrected chi connectivity index (χ3v) is 4.83. The van der Waals surface area contributed by atoms with Crippen LogP contribution in [0, 0.1) is 5.92 Å². The first kappa shape index (κ1) is 18.1. The molecule has 1 aliphatic carbocycles. The molecule has 1 saturated carbocycles. The van der Waals surface area contributed by atoms with Gasteiger partial charge < -0.3 is 19.5 Å². The summed E-state index contributed by atoms with van der Waals surface area (Å²) in [6, 6.07) is 13.8. The van der Waals surface area contributed by atoms with Crippen LogP contribution in [-0.2, 0) is 11.2 Å². The summed E-state index contributed by atoms with van der Waals surface area (Å²) in [7, 11) is 4.89. The molecule has 2 atom stereocenters. The van der Waals surface area contributed by atoms with Crippen molar-refractivity contribution in [3.05, 3.63) is 53.6 Å². The lowest BCUT2D eigenvalue weighted by Crippen LogP contribution is -2.27. The summed E-state index contributed by atoms with van der Waals surface area (Å²) in [6.45, 7) is 0.611. The number of nitrogens with one attached hydrogen (secondary N) is 1. The van der Waals surface area contributed by atoms with E-state index in [0.717, 1.165) is 24.2 Å². The highest BCUT2D eigenvalue weighted by Crippen LogP contribution is 2.47. The number of carbonyl (C=O) groups is 1. The normalized spacial score (nSPS) is 18.1. The van der Waals surface area contributed by atoms with Crippen LogP contribution in [0.25, 0.3) is 0 Å². The molecular formula is C21H25NO4. The van der Waals surface area contributed by atoms with Gasteiger partial charge in [0.15, 0.2) is 11.5 Å². The largest absolute Gasteiger partial charge is 0.497 e. The molecule has 5 heteroatoms. The van der Waals surface area contributed by atoms with Gasteiger partial charge in [0.05, 0.1) is 21.3 Å². The maximum atomic E-state index is 12.3. The third-order valence-electron chi connectivity index (χ3n) is 4.83. The van der Waals surface area contributed by atoms with Crippen LogP contribution in [0.5, 0.6) is 17.2 Å². The van der Waals surface area contributed by atoms with E-state index in [4.69, 9.17) is 14.2 Å². The van der Waals surface area contributed by atoms with Crippen LogP contribution in [0.15, 0.2) is 42.5 Å². The van der Waals surface area contributed by atoms with Gasteiger partial charge in [0.1, 0.15) is 5.75 Å². The minimum Gasteiger partial charge on any atom is -0.497 e. The van der Waals surface area contributed by atoms with E-state index in [1.807, 2.05) is 42.5 Å². The molecule has 0 saturated heterocycles. The summed E-state index contributed by atoms with van der Waals surface area (Å²) in [5, 5.41) is 3.05. The van der Waals surface area contributed by atoms with Crippen LogP contribution >= 0.6 is 0 Å². The quantitative estimate of drug-likeness (QED) is 0.790. The Kier molecular flexibility index (Phi) is 5.66. The highest BCUT2D eigenvalue weighted by atomic mass is 16.5. The maximum absolute atomic E-state index is 12.3. The summed E-state index contributed by atoms with van der Waals surface area (Å²) in [4.78, 5) is 12.3. The summed E-state index contributed by atoms with van der Waals surface area (Å²) in [6.07, 6.45) is 1.67. The highest BCUT2D eigenvalue weighted by Gasteiger charge is 2.43. The molecule has 0 bridgehead atoms. The van der Waals surface area contributed by atoms with E-state index < -0.39 is 0 Å². The standard InChI is InChI=1S/C21H25NO4/c1-24-16-7-5-15(6-8-16)17-13-18(17)21(23)22-11-10-14-4-9-19(25-2)20(12-14)26-3/h4-9,12,17-18H,10-11,13H2,1-3H3,(H,22,23). The first-order valence-electron chi connectivity index (χ1n) is 8.78. The minimum atomic E-state index is 0.0776. The average Bonchev–Trinajstić information content (AvgIpc) is 3.48. The molecule has 1 N–H and O–H groups in total. The second-order valence-corrected chi connectivity index (χ2v) is 6.45. The molecule has 0 heterocycles. The fourth-order valence-electron chi connectivity index (χ4n) is 3.20. The fraction of sp³-hybridized carbons (Fsp3) is 0.381. The molecular weight excluding hydrogens is 330 g/mol. The molecule has 3 rings (SSSR count). The monoisotopic (exact) mass is 355 g/mol. The van der Waals surface area contributed by atoms with Crippen molar-refractivity contribution < 1.29 is 19.0 Å². The lowest BCUT2D eigenvalue weighted by molar-refractivity contribution is -0.122. The van der Waals surface area contributed by atoms with E-state index in [-0.39, 0.29) is 11.8 Å². The summed E-state index contributed by atoms with van der Waals surface area (Å²) in [5.41, 5.74) is 2.30. The highest BCUT2D eigenvalue weighted by molar-refractivity contribution is 5.82. The zero-order chi connectivity index (χ0) is 18.5. The Morgan fingerprint density at radius 2 is 1.73 bits per heavy atom. The van der Waals surface area contributed by atoms with E-state index in [1.165, 1.54) is 5.56 Å². The second-order valence-electron chi connectivity index (χ2n) is 6.45. The molecule has 0 spiro atoms. The lowest BCUT2D eigenvalue weighted by atomic mass is 10.1. The summed E-state index contributed by atoms with van der Waals surface area (Å²) in [5.74, 6) is 2.78. The van der Waals surface area contributed by atoms with Crippen LogP contribution < -0.4 is 19.5 Å². The van der Waals surface area contributed by atoms with Gasteiger partial charge in [0, 0.05) is 12.5 Å². The molecule has 26 heavy (non-hydrogen) atoms. The van der Waals surface area contributed by atoms with E-state index in [0.29, 0.717) is 24.0 Å². The average molecular weight is 355 g/mol. The van der Waals surface area contributed by atoms with Gasteiger partial charge in [-0.05, 0) is 54.2 Å². The Morgan fingerprint density at radius 3 is 2.38 bits per heavy atom. The van der Waals surface area contributed by atoms with Gasteiger partial charge in [-0.1, -0.05) is 18.2 Å². The molecule has 0 aliphatic heterocycles. The van der Waals surface area contributed by atoms with Crippen LogP contribution in [0.3, 0.4) is 0 Å². The van der Waals surface area contributed by atoms with Gasteiger partial charge in [-0.2, -0.15) is 0 Å². The van der Waals surface area contributed by atoms with E-state index in [2.05, 4.69) is 5.32 Å². The van der Waals surface area contributed by atoms with Gasteiger partial charge >= 0.3 is 0 Å². The van der Waals surface area contributed by atoms with Crippen LogP contribution in [-0.4, -0.2) is 33.8 Å². The van der Waals surface area contributed by atoms with Crippen molar-refractivity contribution >= 4 is 5.91 Å². The van der Waals surface area contributed by atoms with E-state index in [9.17, 15) is 4.79 Å². The lowest BCUT2D eigenvalue weighted by Gasteiger charge is -2.10. The number of hydrogen-bond donors (Lipinski definition) is 1. The molecule has 2 aromatic rings. The van der Waals surface area contributed by atoms with Gasteiger partial charge in [0.2, 0.25) is 5.91 Å². The van der Waals surface area contributed by atoms with Gasteiger partial charge in [0.25, 0.3) is 0 Å². The molecule has 2 unspecified atom stereocenters. The first-order valence-corrected chi connectivity index (χ1v) is 8.78. The Morgan fingerprint density at radius 1 is 1.00 bits per heavy atom.